The zero-order valence-electron chi connectivity index (χ0n) is 25.3. The Morgan fingerprint density at radius 1 is 0.314 bits per heavy atom. The Balaban J connectivity index is -0.000000128. The summed E-state index contributed by atoms with van der Waals surface area (Å²) < 4.78 is 0. The van der Waals surface area contributed by atoms with Crippen LogP contribution in [0.4, 0.5) is 0 Å². The van der Waals surface area contributed by atoms with Gasteiger partial charge >= 0.3 is 84.3 Å². The van der Waals surface area contributed by atoms with Gasteiger partial charge in [-0.25, -0.2) is 0 Å². The van der Waals surface area contributed by atoms with Crippen molar-refractivity contribution in [3.63, 3.8) is 0 Å². The average Bonchev–Trinajstić information content (AvgIpc) is 2.23. The minimum absolute atomic E-state index is 0. The van der Waals surface area contributed by atoms with Crippen molar-refractivity contribution in [2.75, 3.05) is 0 Å². The fourth-order valence-corrected chi connectivity index (χ4v) is 163. The summed E-state index contributed by atoms with van der Waals surface area (Å²) in [6, 6.07) is 0. The third kappa shape index (κ3) is 31.9. The van der Waals surface area contributed by atoms with Crippen LogP contribution in [0, 0.1) is 0 Å². The Kier molecular flexibility index (Phi) is 28.7. The molecule has 35 heavy (non-hydrogen) atoms. The molecular weight excluding hydrogens is 811 g/mol. The van der Waals surface area contributed by atoms with Crippen LogP contribution in [-0.4, -0.2) is 72.9 Å². The van der Waals surface area contributed by atoms with Crippen molar-refractivity contribution in [2.24, 2.45) is 0 Å². The molecule has 0 aromatic rings. The summed E-state index contributed by atoms with van der Waals surface area (Å²) in [4.78, 5) is 0. The van der Waals surface area contributed by atoms with E-state index >= 15 is 0 Å². The van der Waals surface area contributed by atoms with Crippen LogP contribution < -0.4 is 0 Å². The van der Waals surface area contributed by atoms with Crippen LogP contribution >= 0.6 is 71.0 Å². The van der Waals surface area contributed by atoms with Crippen LogP contribution in [0.5, 0.6) is 0 Å². The van der Waals surface area contributed by atoms with Crippen molar-refractivity contribution in [3.8, 4) is 0 Å². The Labute approximate surface area is 265 Å². The molecule has 216 valence electrons. The Morgan fingerprint density at radius 2 is 0.371 bits per heavy atom. The van der Waals surface area contributed by atoms with Crippen LogP contribution in [0.1, 0.15) is 7.43 Å². The zero-order valence-corrected chi connectivity index (χ0v) is 42.5. The third-order valence-electron chi connectivity index (χ3n) is 4.02. The van der Waals surface area contributed by atoms with Gasteiger partial charge in [-0.1, -0.05) is 125 Å². The van der Waals surface area contributed by atoms with E-state index in [0.29, 0.717) is 13.1 Å². The molecule has 0 nitrogen and oxygen atoms in total. The Morgan fingerprint density at radius 3 is 0.371 bits per heavy atom. The van der Waals surface area contributed by atoms with E-state index in [1.807, 2.05) is 0 Å². The minimum atomic E-state index is -2.06. The number of rotatable bonds is 6. The molecule has 0 rings (SSSR count). The van der Waals surface area contributed by atoms with E-state index in [2.05, 4.69) is 118 Å². The van der Waals surface area contributed by atoms with E-state index < -0.39 is 72.9 Å². The summed E-state index contributed by atoms with van der Waals surface area (Å²) in [6.07, 6.45) is 0. The molecule has 0 spiro atoms. The molecule has 0 fully saturated rings. The van der Waals surface area contributed by atoms with E-state index in [4.69, 9.17) is 57.8 Å². The van der Waals surface area contributed by atoms with Crippen LogP contribution in [0.25, 0.3) is 0 Å². The predicted molar refractivity (Wildman–Crippen MR) is 207 cm³/mol. The molecule has 0 saturated carbocycles. The normalized spacial score (nSPS) is 12.9. The molecule has 0 unspecified atom stereocenters. The quantitative estimate of drug-likeness (QED) is 0.184. The second-order valence-electron chi connectivity index (χ2n) is 14.2. The first-order chi connectivity index (χ1) is 14.2. The van der Waals surface area contributed by atoms with Crippen molar-refractivity contribution >= 4 is 144 Å². The van der Waals surface area contributed by atoms with Gasteiger partial charge in [0.1, 0.15) is 0 Å². The molecule has 0 aliphatic rings. The third-order valence-corrected chi connectivity index (χ3v) is 109. The van der Waals surface area contributed by atoms with E-state index in [9.17, 15) is 0 Å². The van der Waals surface area contributed by atoms with Crippen LogP contribution in [-0.2, 0) is 0 Å². The van der Waals surface area contributed by atoms with E-state index in [1.54, 1.807) is 0 Å². The number of hydrogen-bond donors (Lipinski definition) is 0. The molecule has 0 amide bonds. The summed E-state index contributed by atoms with van der Waals surface area (Å²) in [7, 11) is 24.7. The molecule has 0 saturated heterocycles. The molecule has 0 aliphatic heterocycles. The zero-order chi connectivity index (χ0) is 29.3. The fraction of sp³-hybridized carbons (Fsp3) is 1.00. The molecule has 0 N–H and O–H groups in total. The van der Waals surface area contributed by atoms with Gasteiger partial charge in [-0.2, -0.15) is 0 Å². The van der Waals surface area contributed by atoms with Crippen molar-refractivity contribution < 1.29 is 0 Å². The number of halogens is 6. The summed E-state index contributed by atoms with van der Waals surface area (Å²) in [5.41, 5.74) is 0. The molecule has 0 bridgehead atoms. The predicted octanol–water partition coefficient (Wildman–Crippen LogP) is 14.0. The maximum atomic E-state index is 4.99. The van der Waals surface area contributed by atoms with Crippen LogP contribution in [0.2, 0.25) is 118 Å². The standard InChI is InChI=1S/2C9H27PSi3.CH4.6ClH.2Ga/c2*1-11(2,3)10(12(4,5)6)13(7,8)9;;;;;;;;;/h2*1-9H3;1H4;6*1H;;/q;;;;;;;;;2*+3/p-6. The van der Waals surface area contributed by atoms with Crippen LogP contribution in [0.15, 0.2) is 0 Å². The van der Waals surface area contributed by atoms with E-state index in [0.717, 1.165) is 0 Å². The van der Waals surface area contributed by atoms with Gasteiger partial charge in [0.2, 0.25) is 0 Å². The monoisotopic (exact) mass is 864 g/mol. The van der Waals surface area contributed by atoms with Crippen molar-refractivity contribution in [1.82, 2.24) is 0 Å². The van der Waals surface area contributed by atoms with Gasteiger partial charge < -0.3 is 0 Å². The molecule has 0 heterocycles. The topological polar surface area (TPSA) is 0 Å². The molecule has 16 heteroatoms. The van der Waals surface area contributed by atoms with Crippen LogP contribution in [0.3, 0.4) is 0 Å². The fourth-order valence-electron chi connectivity index (χ4n) is 6.04. The van der Waals surface area contributed by atoms with Crippen molar-refractivity contribution in [1.29, 1.82) is 0 Å². The second-order valence-corrected chi connectivity index (χ2v) is 104. The Hall–Kier alpha value is 5.17. The van der Waals surface area contributed by atoms with Gasteiger partial charge in [0, 0.05) is 0 Å². The molecule has 0 aromatic heterocycles. The van der Waals surface area contributed by atoms with Gasteiger partial charge in [0.05, 0.1) is 46.4 Å². The summed E-state index contributed by atoms with van der Waals surface area (Å²) in [5, 5.41) is 0. The van der Waals surface area contributed by atoms with Gasteiger partial charge in [-0.05, 0) is 0 Å². The summed E-state index contributed by atoms with van der Waals surface area (Å²) in [5.74, 6) is 0. The first-order valence-corrected chi connectivity index (χ1v) is 59.5. The summed E-state index contributed by atoms with van der Waals surface area (Å²) >= 11 is -4.12. The second kappa shape index (κ2) is 20.2. The van der Waals surface area contributed by atoms with Crippen molar-refractivity contribution in [2.45, 2.75) is 125 Å². The molecular formula is C19H58Cl6Ga2P2Si6. The van der Waals surface area contributed by atoms with Gasteiger partial charge in [-0.15, -0.1) is 13.1 Å². The Bertz CT molecular complexity index is 419. The molecule has 0 radical (unpaired) electrons. The molecule has 0 atom stereocenters. The van der Waals surface area contributed by atoms with Gasteiger partial charge in [0.15, 0.2) is 0 Å². The van der Waals surface area contributed by atoms with Gasteiger partial charge in [-0.3, -0.25) is 0 Å². The maximum absolute atomic E-state index is 4.99. The molecule has 0 aromatic carbocycles. The van der Waals surface area contributed by atoms with E-state index in [1.165, 1.54) is 0 Å². The van der Waals surface area contributed by atoms with Crippen molar-refractivity contribution in [3.05, 3.63) is 0 Å². The molecule has 0 aliphatic carbocycles. The van der Waals surface area contributed by atoms with E-state index in [-0.39, 0.29) is 7.43 Å². The first kappa shape index (κ1) is 49.8. The first-order valence-electron chi connectivity index (χ1n) is 11.7. The van der Waals surface area contributed by atoms with Gasteiger partial charge in [0.25, 0.3) is 0 Å². The SMILES string of the molecule is C.C[Si](C)(C)P([Si](C)(C)C)[Si](C)(C)C.C[Si](C)(C)P([Si](C)(C)C)[Si](C)(C)C.[Cl][Ga]([Cl])[Cl].[Cl][Ga]([Cl])[Cl]. The summed E-state index contributed by atoms with van der Waals surface area (Å²) in [6.45, 7) is 47.5. The average molecular weight is 869 g/mol. The number of hydrogen-bond acceptors (Lipinski definition) is 0.